The van der Waals surface area contributed by atoms with Crippen LogP contribution in [-0.4, -0.2) is 17.6 Å². The molecule has 0 atom stereocenters. The van der Waals surface area contributed by atoms with Gasteiger partial charge in [0.1, 0.15) is 0 Å². The Kier molecular flexibility index (Phi) is 3.88. The molecular formula is C9H12BrN3O. The Morgan fingerprint density at radius 3 is 3.00 bits per heavy atom. The first-order valence-electron chi connectivity index (χ1n) is 4.30. The minimum atomic E-state index is -0.212. The Labute approximate surface area is 91.2 Å². The van der Waals surface area contributed by atoms with Gasteiger partial charge < -0.3 is 10.6 Å². The molecule has 5 heteroatoms. The van der Waals surface area contributed by atoms with Crippen molar-refractivity contribution in [3.63, 3.8) is 0 Å². The number of carbonyl (C=O) groups is 1. The van der Waals surface area contributed by atoms with Crippen molar-refractivity contribution in [3.05, 3.63) is 22.4 Å². The van der Waals surface area contributed by atoms with E-state index in [2.05, 4.69) is 31.5 Å². The van der Waals surface area contributed by atoms with Crippen molar-refractivity contribution in [2.24, 2.45) is 0 Å². The standard InChI is InChI=1S/C9H12BrN3O/c1-3-11-9(14)13-8-4-7(10)5-12-6(8)2/h4-5H,3H2,1-2H3,(H2,11,13,14). The zero-order valence-corrected chi connectivity index (χ0v) is 9.68. The Bertz CT molecular complexity index is 341. The zero-order valence-electron chi connectivity index (χ0n) is 8.10. The number of halogens is 1. The van der Waals surface area contributed by atoms with E-state index in [-0.39, 0.29) is 6.03 Å². The highest BCUT2D eigenvalue weighted by Crippen LogP contribution is 2.17. The minimum absolute atomic E-state index is 0.212. The van der Waals surface area contributed by atoms with Crippen LogP contribution in [0.1, 0.15) is 12.6 Å². The van der Waals surface area contributed by atoms with Crippen LogP contribution in [-0.2, 0) is 0 Å². The van der Waals surface area contributed by atoms with Crippen molar-refractivity contribution in [3.8, 4) is 0 Å². The summed E-state index contributed by atoms with van der Waals surface area (Å²) in [7, 11) is 0. The number of carbonyl (C=O) groups excluding carboxylic acids is 1. The Hall–Kier alpha value is -1.10. The number of nitrogens with one attached hydrogen (secondary N) is 2. The zero-order chi connectivity index (χ0) is 10.6. The van der Waals surface area contributed by atoms with Crippen LogP contribution in [0.15, 0.2) is 16.7 Å². The van der Waals surface area contributed by atoms with Crippen molar-refractivity contribution in [2.75, 3.05) is 11.9 Å². The predicted octanol–water partition coefficient (Wildman–Crippen LogP) is 2.29. The average molecular weight is 258 g/mol. The molecule has 0 saturated heterocycles. The summed E-state index contributed by atoms with van der Waals surface area (Å²) in [5.41, 5.74) is 1.50. The minimum Gasteiger partial charge on any atom is -0.338 e. The van der Waals surface area contributed by atoms with E-state index in [1.165, 1.54) is 0 Å². The van der Waals surface area contributed by atoms with E-state index in [0.29, 0.717) is 12.2 Å². The fraction of sp³-hybridized carbons (Fsp3) is 0.333. The van der Waals surface area contributed by atoms with Crippen LogP contribution in [0.5, 0.6) is 0 Å². The molecule has 1 aromatic heterocycles. The monoisotopic (exact) mass is 257 g/mol. The lowest BCUT2D eigenvalue weighted by atomic mass is 10.3. The highest BCUT2D eigenvalue weighted by Gasteiger charge is 2.04. The first kappa shape index (κ1) is 11.0. The average Bonchev–Trinajstić information content (AvgIpc) is 2.12. The number of pyridine rings is 1. The molecule has 0 aliphatic carbocycles. The molecule has 0 saturated carbocycles. The van der Waals surface area contributed by atoms with Crippen molar-refractivity contribution < 1.29 is 4.79 Å². The van der Waals surface area contributed by atoms with E-state index in [9.17, 15) is 4.79 Å². The van der Waals surface area contributed by atoms with Gasteiger partial charge in [-0.15, -0.1) is 0 Å². The van der Waals surface area contributed by atoms with Gasteiger partial charge >= 0.3 is 6.03 Å². The number of hydrogen-bond donors (Lipinski definition) is 2. The van der Waals surface area contributed by atoms with Crippen LogP contribution >= 0.6 is 15.9 Å². The summed E-state index contributed by atoms with van der Waals surface area (Å²) in [6.07, 6.45) is 1.69. The van der Waals surface area contributed by atoms with Gasteiger partial charge in [0.15, 0.2) is 0 Å². The van der Waals surface area contributed by atoms with Crippen molar-refractivity contribution in [1.82, 2.24) is 10.3 Å². The van der Waals surface area contributed by atoms with E-state index in [0.717, 1.165) is 10.2 Å². The van der Waals surface area contributed by atoms with Gasteiger partial charge in [-0.25, -0.2) is 4.79 Å². The second-order valence-corrected chi connectivity index (χ2v) is 3.69. The fourth-order valence-electron chi connectivity index (χ4n) is 0.961. The summed E-state index contributed by atoms with van der Waals surface area (Å²) in [6.45, 7) is 4.31. The second kappa shape index (κ2) is 4.95. The molecule has 76 valence electrons. The van der Waals surface area contributed by atoms with Crippen LogP contribution in [0.2, 0.25) is 0 Å². The van der Waals surface area contributed by atoms with Gasteiger partial charge in [-0.2, -0.15) is 0 Å². The van der Waals surface area contributed by atoms with Gasteiger partial charge in [-0.05, 0) is 35.8 Å². The number of hydrogen-bond acceptors (Lipinski definition) is 2. The van der Waals surface area contributed by atoms with Gasteiger partial charge in [-0.1, -0.05) is 0 Å². The maximum absolute atomic E-state index is 11.2. The van der Waals surface area contributed by atoms with Crippen molar-refractivity contribution in [1.29, 1.82) is 0 Å². The summed E-state index contributed by atoms with van der Waals surface area (Å²) in [5, 5.41) is 5.36. The molecule has 0 bridgehead atoms. The number of urea groups is 1. The number of aryl methyl sites for hydroxylation is 1. The predicted molar refractivity (Wildman–Crippen MR) is 59.4 cm³/mol. The summed E-state index contributed by atoms with van der Waals surface area (Å²) < 4.78 is 0.842. The van der Waals surface area contributed by atoms with Gasteiger partial charge in [-0.3, -0.25) is 4.98 Å². The van der Waals surface area contributed by atoms with Gasteiger partial charge in [0.25, 0.3) is 0 Å². The lowest BCUT2D eigenvalue weighted by Gasteiger charge is -2.08. The maximum Gasteiger partial charge on any atom is 0.319 e. The third-order valence-corrected chi connectivity index (χ3v) is 2.07. The summed E-state index contributed by atoms with van der Waals surface area (Å²) in [4.78, 5) is 15.3. The fourth-order valence-corrected chi connectivity index (χ4v) is 1.29. The van der Waals surface area contributed by atoms with E-state index < -0.39 is 0 Å². The summed E-state index contributed by atoms with van der Waals surface area (Å²) in [6, 6.07) is 1.60. The molecule has 1 aromatic rings. The van der Waals surface area contributed by atoms with Gasteiger partial charge in [0.2, 0.25) is 0 Å². The molecule has 4 nitrogen and oxygen atoms in total. The molecule has 0 radical (unpaired) electrons. The summed E-state index contributed by atoms with van der Waals surface area (Å²) >= 11 is 3.29. The third-order valence-electron chi connectivity index (χ3n) is 1.64. The molecule has 0 unspecified atom stereocenters. The molecule has 2 amide bonds. The van der Waals surface area contributed by atoms with Crippen LogP contribution in [0.4, 0.5) is 10.5 Å². The number of nitrogens with zero attached hydrogens (tertiary/aromatic N) is 1. The van der Waals surface area contributed by atoms with Gasteiger partial charge in [0.05, 0.1) is 11.4 Å². The van der Waals surface area contributed by atoms with Crippen molar-refractivity contribution in [2.45, 2.75) is 13.8 Å². The highest BCUT2D eigenvalue weighted by molar-refractivity contribution is 9.10. The molecule has 1 rings (SSSR count). The molecule has 2 N–H and O–H groups in total. The number of aromatic nitrogens is 1. The first-order valence-corrected chi connectivity index (χ1v) is 5.09. The molecule has 0 spiro atoms. The second-order valence-electron chi connectivity index (χ2n) is 2.77. The van der Waals surface area contributed by atoms with Crippen molar-refractivity contribution >= 4 is 27.6 Å². The van der Waals surface area contributed by atoms with Crippen LogP contribution in [0.3, 0.4) is 0 Å². The van der Waals surface area contributed by atoms with Crippen LogP contribution < -0.4 is 10.6 Å². The molecular weight excluding hydrogens is 246 g/mol. The van der Waals surface area contributed by atoms with E-state index in [1.807, 2.05) is 19.9 Å². The largest absolute Gasteiger partial charge is 0.338 e. The lowest BCUT2D eigenvalue weighted by molar-refractivity contribution is 0.252. The number of rotatable bonds is 2. The number of amides is 2. The Morgan fingerprint density at radius 2 is 2.36 bits per heavy atom. The first-order chi connectivity index (χ1) is 6.63. The molecule has 0 fully saturated rings. The lowest BCUT2D eigenvalue weighted by Crippen LogP contribution is -2.28. The van der Waals surface area contributed by atoms with E-state index in [1.54, 1.807) is 6.20 Å². The third kappa shape index (κ3) is 2.99. The summed E-state index contributed by atoms with van der Waals surface area (Å²) in [5.74, 6) is 0. The Balaban J connectivity index is 2.75. The molecule has 0 aliphatic heterocycles. The number of anilines is 1. The maximum atomic E-state index is 11.2. The van der Waals surface area contributed by atoms with E-state index >= 15 is 0 Å². The topological polar surface area (TPSA) is 54.0 Å². The smallest absolute Gasteiger partial charge is 0.319 e. The quantitative estimate of drug-likeness (QED) is 0.855. The molecule has 0 aliphatic rings. The van der Waals surface area contributed by atoms with E-state index in [4.69, 9.17) is 0 Å². The van der Waals surface area contributed by atoms with Crippen LogP contribution in [0.25, 0.3) is 0 Å². The van der Waals surface area contributed by atoms with Crippen LogP contribution in [0, 0.1) is 6.92 Å². The highest BCUT2D eigenvalue weighted by atomic mass is 79.9. The molecule has 1 heterocycles. The van der Waals surface area contributed by atoms with Gasteiger partial charge in [0, 0.05) is 17.2 Å². The Morgan fingerprint density at radius 1 is 1.64 bits per heavy atom. The molecule has 14 heavy (non-hydrogen) atoms. The molecule has 0 aromatic carbocycles. The normalized spacial score (nSPS) is 9.64. The SMILES string of the molecule is CCNC(=O)Nc1cc(Br)cnc1C.